The number of amides is 4. The second-order valence-electron chi connectivity index (χ2n) is 14.4. The molecule has 2 aromatic carbocycles. The Balaban J connectivity index is 0.00000391. The first-order valence-corrected chi connectivity index (χ1v) is 21.4. The summed E-state index contributed by atoms with van der Waals surface area (Å²) in [4.78, 5) is 83.2. The molecular weight excluding hydrogens is 839 g/mol. The van der Waals surface area contributed by atoms with Crippen LogP contribution in [0.3, 0.4) is 0 Å². The molecule has 0 spiro atoms. The fraction of sp³-hybridized carbons (Fsp3) is 0.400. The van der Waals surface area contributed by atoms with Crippen molar-refractivity contribution in [3.8, 4) is 11.5 Å². The highest BCUT2D eigenvalue weighted by atomic mass is 16.5. The van der Waals surface area contributed by atoms with Gasteiger partial charge in [0.15, 0.2) is 17.6 Å². The Morgan fingerprint density at radius 2 is 1.26 bits per heavy atom. The maximum Gasteiger partial charge on any atom is 0.295 e. The van der Waals surface area contributed by atoms with Crippen LogP contribution in [0.15, 0.2) is 45.3 Å². The van der Waals surface area contributed by atoms with Crippen molar-refractivity contribution in [2.45, 2.75) is 93.7 Å². The summed E-state index contributed by atoms with van der Waals surface area (Å²) in [6.07, 6.45) is 5.31. The number of imidazole rings is 2. The number of anilines is 2. The van der Waals surface area contributed by atoms with Gasteiger partial charge >= 0.3 is 0 Å². The van der Waals surface area contributed by atoms with Crippen molar-refractivity contribution in [1.29, 1.82) is 0 Å². The number of ketones is 1. The van der Waals surface area contributed by atoms with Crippen molar-refractivity contribution in [3.05, 3.63) is 82.2 Å². The molecule has 20 nitrogen and oxygen atoms in total. The summed E-state index contributed by atoms with van der Waals surface area (Å²) in [5.74, 6) is -0.534. The first-order valence-electron chi connectivity index (χ1n) is 21.4. The third-order valence-corrected chi connectivity index (χ3v) is 10.1. The van der Waals surface area contributed by atoms with Gasteiger partial charge in [-0.1, -0.05) is 46.8 Å². The smallest absolute Gasteiger partial charge is 0.295 e. The summed E-state index contributed by atoms with van der Waals surface area (Å²) >= 11 is 0. The number of oxazole rings is 2. The molecular formula is C45H57N11O9. The molecule has 4 aromatic heterocycles. The molecule has 0 fully saturated rings. The highest BCUT2D eigenvalue weighted by Crippen LogP contribution is 2.34. The number of methoxy groups -OCH3 is 1. The van der Waals surface area contributed by atoms with E-state index in [9.17, 15) is 24.0 Å². The molecule has 0 aliphatic heterocycles. The highest BCUT2D eigenvalue weighted by Gasteiger charge is 2.25. The van der Waals surface area contributed by atoms with E-state index >= 15 is 0 Å². The second kappa shape index (κ2) is 21.8. The van der Waals surface area contributed by atoms with Crippen molar-refractivity contribution >= 4 is 63.4 Å². The monoisotopic (exact) mass is 895 g/mol. The first-order chi connectivity index (χ1) is 31.2. The van der Waals surface area contributed by atoms with Gasteiger partial charge in [0, 0.05) is 65.0 Å². The molecule has 0 atom stereocenters. The highest BCUT2D eigenvalue weighted by molar-refractivity contribution is 6.05. The minimum Gasteiger partial charge on any atom is -0.494 e. The molecule has 20 heteroatoms. The van der Waals surface area contributed by atoms with Crippen LogP contribution in [0, 0.1) is 13.8 Å². The van der Waals surface area contributed by atoms with Crippen molar-refractivity contribution in [2.75, 3.05) is 38.4 Å². The number of hydrazine groups is 1. The predicted molar refractivity (Wildman–Crippen MR) is 243 cm³/mol. The SMILES string of the molecule is CC.CCC(=O)c1cc(OC)c2c(c1)nc(NC(=O)c1oc(C)nc1CC)n2C/C=C/Cn1c(NC(=O)c2oc(C)nc2CC)nc2cc(C(N)=O)cc(OCCCC(=O)N(C)NC)c21. The summed E-state index contributed by atoms with van der Waals surface area (Å²) < 4.78 is 26.7. The lowest BCUT2D eigenvalue weighted by Gasteiger charge is -2.15. The molecule has 6 aromatic rings. The van der Waals surface area contributed by atoms with E-state index in [2.05, 4.69) is 26.0 Å². The van der Waals surface area contributed by atoms with Crippen molar-refractivity contribution in [1.82, 2.24) is 39.5 Å². The maximum atomic E-state index is 13.7. The van der Waals surface area contributed by atoms with E-state index in [1.165, 1.54) is 24.3 Å². The molecule has 0 radical (unpaired) electrons. The van der Waals surface area contributed by atoms with Crippen LogP contribution in [0.1, 0.15) is 119 Å². The molecule has 4 heterocycles. The zero-order valence-corrected chi connectivity index (χ0v) is 38.5. The molecule has 0 bridgehead atoms. The number of nitrogens with zero attached hydrogens (tertiary/aromatic N) is 7. The van der Waals surface area contributed by atoms with Gasteiger partial charge in [0.2, 0.25) is 35.2 Å². The quantitative estimate of drug-likeness (QED) is 0.0282. The van der Waals surface area contributed by atoms with Crippen molar-refractivity contribution in [2.24, 2.45) is 5.73 Å². The van der Waals surface area contributed by atoms with Crippen LogP contribution in [0.4, 0.5) is 11.9 Å². The van der Waals surface area contributed by atoms with E-state index in [0.29, 0.717) is 75.8 Å². The van der Waals surface area contributed by atoms with Crippen LogP contribution in [-0.4, -0.2) is 91.3 Å². The van der Waals surface area contributed by atoms with Crippen LogP contribution in [0.2, 0.25) is 0 Å². The van der Waals surface area contributed by atoms with Crippen LogP contribution >= 0.6 is 0 Å². The van der Waals surface area contributed by atoms with Gasteiger partial charge in [0.1, 0.15) is 22.5 Å². The largest absolute Gasteiger partial charge is 0.494 e. The Morgan fingerprint density at radius 3 is 1.72 bits per heavy atom. The lowest BCUT2D eigenvalue weighted by atomic mass is 10.1. The van der Waals surface area contributed by atoms with Gasteiger partial charge < -0.3 is 33.2 Å². The molecule has 65 heavy (non-hydrogen) atoms. The van der Waals surface area contributed by atoms with Crippen molar-refractivity contribution < 1.29 is 42.3 Å². The van der Waals surface area contributed by atoms with E-state index < -0.39 is 17.7 Å². The molecule has 0 aliphatic carbocycles. The Labute approximate surface area is 375 Å². The number of aromatic nitrogens is 6. The number of ether oxygens (including phenoxy) is 2. The van der Waals surface area contributed by atoms with Gasteiger partial charge in [-0.25, -0.2) is 25.4 Å². The molecule has 4 amide bonds. The van der Waals surface area contributed by atoms with Crippen LogP contribution in [0.5, 0.6) is 11.5 Å². The second-order valence-corrected chi connectivity index (χ2v) is 14.4. The molecule has 346 valence electrons. The topological polar surface area (TPSA) is 257 Å². The van der Waals surface area contributed by atoms with E-state index in [0.717, 1.165) is 0 Å². The van der Waals surface area contributed by atoms with Crippen LogP contribution < -0.4 is 31.3 Å². The Morgan fingerprint density at radius 1 is 0.769 bits per heavy atom. The number of nitrogens with two attached hydrogens (primary N) is 1. The molecule has 6 rings (SSSR count). The lowest BCUT2D eigenvalue weighted by molar-refractivity contribution is -0.132. The van der Waals surface area contributed by atoms with E-state index in [1.807, 2.05) is 33.8 Å². The molecule has 0 saturated carbocycles. The van der Waals surface area contributed by atoms with Gasteiger partial charge in [-0.2, -0.15) is 0 Å². The van der Waals surface area contributed by atoms with E-state index in [1.54, 1.807) is 62.2 Å². The fourth-order valence-electron chi connectivity index (χ4n) is 6.93. The van der Waals surface area contributed by atoms with E-state index in [-0.39, 0.29) is 79.0 Å². The van der Waals surface area contributed by atoms with Gasteiger partial charge in [0.05, 0.1) is 36.1 Å². The van der Waals surface area contributed by atoms with E-state index in [4.69, 9.17) is 34.0 Å². The van der Waals surface area contributed by atoms with Gasteiger partial charge in [-0.15, -0.1) is 0 Å². The first kappa shape index (κ1) is 48.7. The van der Waals surface area contributed by atoms with Crippen LogP contribution in [0.25, 0.3) is 22.1 Å². The average molecular weight is 896 g/mol. The van der Waals surface area contributed by atoms with Gasteiger partial charge in [-0.05, 0) is 43.5 Å². The average Bonchev–Trinajstić information content (AvgIpc) is 4.07. The summed E-state index contributed by atoms with van der Waals surface area (Å²) in [5, 5.41) is 7.08. The molecule has 5 N–H and O–H groups in total. The Kier molecular flexibility index (Phi) is 16.3. The minimum absolute atomic E-state index is 0.0282. The molecule has 0 aliphatic rings. The number of fused-ring (bicyclic) bond motifs is 2. The number of carbonyl (C=O) groups is 5. The van der Waals surface area contributed by atoms with Gasteiger partial charge in [0.25, 0.3) is 11.8 Å². The zero-order chi connectivity index (χ0) is 47.5. The Hall–Kier alpha value is -7.35. The number of hydrogen-bond donors (Lipinski definition) is 4. The maximum absolute atomic E-state index is 13.7. The van der Waals surface area contributed by atoms with Crippen molar-refractivity contribution in [3.63, 3.8) is 0 Å². The van der Waals surface area contributed by atoms with Crippen LogP contribution in [-0.2, 0) is 30.7 Å². The number of benzene rings is 2. The summed E-state index contributed by atoms with van der Waals surface area (Å²) in [6, 6.07) is 6.28. The number of hydrogen-bond acceptors (Lipinski definition) is 14. The summed E-state index contributed by atoms with van der Waals surface area (Å²) in [6.45, 7) is 13.1. The number of primary amides is 1. The number of rotatable bonds is 20. The number of carbonyl (C=O) groups excluding carboxylic acids is 5. The predicted octanol–water partition coefficient (Wildman–Crippen LogP) is 6.34. The summed E-state index contributed by atoms with van der Waals surface area (Å²) in [5.41, 5.74) is 11.6. The third-order valence-electron chi connectivity index (χ3n) is 10.1. The number of Topliss-reactive ketones (excluding diaryl/α,β-unsaturated/α-hetero) is 1. The number of allylic oxidation sites excluding steroid dienone is 2. The lowest BCUT2D eigenvalue weighted by Crippen LogP contribution is -2.36. The third kappa shape index (κ3) is 10.9. The fourth-order valence-corrected chi connectivity index (χ4v) is 6.93. The standard InChI is InChI=1S/C43H51N11O9.C2H6/c1-9-27-37(62-23(4)46-27)40(58)50-42-48-29-19-25(31(55)11-3)21-32(60-8)35(29)53(42)16-12-13-17-54-36-30(49-43(54)51-41(59)38-28(10-2)47-24(5)63-38)20-26(39(44)57)22-33(36)61-18-14-15-34(56)52(7)45-6;1-2/h12-13,19-22,45H,9-11,14-18H2,1-8H3,(H2,44,57)(H,48,50,58)(H,49,51,59);1-2H3/b13-12+;. The molecule has 0 unspecified atom stereocenters. The number of aryl methyl sites for hydroxylation is 4. The van der Waals surface area contributed by atoms with Gasteiger partial charge in [-0.3, -0.25) is 39.6 Å². The number of nitrogens with one attached hydrogen (secondary N) is 3. The minimum atomic E-state index is -0.723. The summed E-state index contributed by atoms with van der Waals surface area (Å²) in [7, 11) is 4.74. The Bertz CT molecular complexity index is 2740. The zero-order valence-electron chi connectivity index (χ0n) is 38.5. The normalized spacial score (nSPS) is 11.2. The molecule has 0 saturated heterocycles.